The van der Waals surface area contributed by atoms with Crippen LogP contribution in [0.25, 0.3) is 0 Å². The van der Waals surface area contributed by atoms with Crippen molar-refractivity contribution in [1.82, 2.24) is 15.8 Å². The number of carbonyl (C=O) groups excluding carboxylic acids is 1. The van der Waals surface area contributed by atoms with Crippen molar-refractivity contribution in [3.8, 4) is 0 Å². The van der Waals surface area contributed by atoms with E-state index in [1.165, 1.54) is 16.0 Å². The van der Waals surface area contributed by atoms with Gasteiger partial charge < -0.3 is 4.90 Å². The summed E-state index contributed by atoms with van der Waals surface area (Å²) in [5.74, 6) is 0.130. The zero-order valence-electron chi connectivity index (χ0n) is 13.2. The van der Waals surface area contributed by atoms with E-state index in [0.717, 1.165) is 10.9 Å². The number of hydrazine groups is 1. The second-order valence-electron chi connectivity index (χ2n) is 5.90. The molecule has 2 aromatic rings. The predicted molar refractivity (Wildman–Crippen MR) is 97.1 cm³/mol. The minimum Gasteiger partial charge on any atom is -0.339 e. The molecule has 122 valence electrons. The molecule has 2 heterocycles. The topological polar surface area (TPSA) is 44.4 Å². The average molecular weight is 394 g/mol. The summed E-state index contributed by atoms with van der Waals surface area (Å²) in [5.41, 5.74) is 8.82. The summed E-state index contributed by atoms with van der Waals surface area (Å²) >= 11 is 5.15. The van der Waals surface area contributed by atoms with Gasteiger partial charge in [-0.15, -0.1) is 11.3 Å². The summed E-state index contributed by atoms with van der Waals surface area (Å²) in [6, 6.07) is 10.3. The number of nitrogens with one attached hydrogen (secondary N) is 2. The number of aryl methyl sites for hydroxylation is 1. The maximum absolute atomic E-state index is 12.6. The Morgan fingerprint density at radius 3 is 2.70 bits per heavy atom. The molecule has 1 saturated heterocycles. The fourth-order valence-corrected chi connectivity index (χ4v) is 3.98. The van der Waals surface area contributed by atoms with Gasteiger partial charge in [0.1, 0.15) is 6.04 Å². The molecule has 3 rings (SSSR count). The largest absolute Gasteiger partial charge is 0.339 e. The highest BCUT2D eigenvalue weighted by molar-refractivity contribution is 9.10. The molecule has 0 saturated carbocycles. The number of amides is 1. The first-order valence-electron chi connectivity index (χ1n) is 7.59. The summed E-state index contributed by atoms with van der Waals surface area (Å²) in [7, 11) is 1.87. The Hall–Kier alpha value is -1.21. The molecule has 0 radical (unpaired) electrons. The van der Waals surface area contributed by atoms with E-state index in [0.29, 0.717) is 6.54 Å². The van der Waals surface area contributed by atoms with Crippen molar-refractivity contribution in [3.63, 3.8) is 0 Å². The highest BCUT2D eigenvalue weighted by Gasteiger charge is 2.32. The first kappa shape index (κ1) is 16.6. The second kappa shape index (κ2) is 7.13. The molecule has 2 atom stereocenters. The smallest absolute Gasteiger partial charge is 0.241 e. The van der Waals surface area contributed by atoms with Crippen LogP contribution in [0, 0.1) is 6.92 Å². The lowest BCUT2D eigenvalue weighted by Crippen LogP contribution is -2.43. The summed E-state index contributed by atoms with van der Waals surface area (Å²) in [6.45, 7) is 2.76. The minimum absolute atomic E-state index is 0.130. The third kappa shape index (κ3) is 3.83. The van der Waals surface area contributed by atoms with Gasteiger partial charge in [0.2, 0.25) is 5.91 Å². The normalized spacial score (nSPS) is 20.7. The molecule has 1 aromatic heterocycles. The van der Waals surface area contributed by atoms with E-state index in [1.807, 2.05) is 24.1 Å². The summed E-state index contributed by atoms with van der Waals surface area (Å²) in [5, 5.41) is 2.07. The maximum Gasteiger partial charge on any atom is 0.241 e. The van der Waals surface area contributed by atoms with E-state index in [4.69, 9.17) is 0 Å². The van der Waals surface area contributed by atoms with Crippen LogP contribution >= 0.6 is 27.3 Å². The van der Waals surface area contributed by atoms with Gasteiger partial charge in [-0.3, -0.25) is 4.79 Å². The number of halogens is 1. The first-order chi connectivity index (χ1) is 11.0. The van der Waals surface area contributed by atoms with Crippen LogP contribution in [-0.2, 0) is 11.3 Å². The first-order valence-corrected chi connectivity index (χ1v) is 9.26. The molecule has 6 heteroatoms. The van der Waals surface area contributed by atoms with Crippen molar-refractivity contribution in [2.45, 2.75) is 32.0 Å². The van der Waals surface area contributed by atoms with Gasteiger partial charge >= 0.3 is 0 Å². The lowest BCUT2D eigenvalue weighted by atomic mass is 10.0. The molecule has 2 N–H and O–H groups in total. The SMILES string of the molecule is Cc1ccsc1CN(C)C(=O)C1CC(c2ccc(Br)cc2)NN1. The minimum atomic E-state index is -0.186. The third-order valence-electron chi connectivity index (χ3n) is 4.20. The Bertz CT molecular complexity index is 685. The van der Waals surface area contributed by atoms with Gasteiger partial charge in [0, 0.05) is 22.4 Å². The highest BCUT2D eigenvalue weighted by atomic mass is 79.9. The summed E-state index contributed by atoms with van der Waals surface area (Å²) < 4.78 is 1.06. The van der Waals surface area contributed by atoms with Gasteiger partial charge in [-0.2, -0.15) is 0 Å². The molecule has 1 fully saturated rings. The van der Waals surface area contributed by atoms with Gasteiger partial charge in [-0.1, -0.05) is 28.1 Å². The Labute approximate surface area is 149 Å². The van der Waals surface area contributed by atoms with Gasteiger partial charge in [0.25, 0.3) is 0 Å². The number of nitrogens with zero attached hydrogens (tertiary/aromatic N) is 1. The third-order valence-corrected chi connectivity index (χ3v) is 5.74. The van der Waals surface area contributed by atoms with Crippen molar-refractivity contribution in [3.05, 3.63) is 56.2 Å². The lowest BCUT2D eigenvalue weighted by Gasteiger charge is -2.20. The molecule has 0 bridgehead atoms. The number of likely N-dealkylation sites (N-methyl/N-ethyl adjacent to an activating group) is 1. The average Bonchev–Trinajstić information content (AvgIpc) is 3.17. The quantitative estimate of drug-likeness (QED) is 0.836. The molecule has 4 nitrogen and oxygen atoms in total. The van der Waals surface area contributed by atoms with E-state index >= 15 is 0 Å². The molecular weight excluding hydrogens is 374 g/mol. The number of rotatable bonds is 4. The number of hydrogen-bond acceptors (Lipinski definition) is 4. The Morgan fingerprint density at radius 1 is 1.30 bits per heavy atom. The number of hydrogen-bond donors (Lipinski definition) is 2. The van der Waals surface area contributed by atoms with E-state index < -0.39 is 0 Å². The van der Waals surface area contributed by atoms with Gasteiger partial charge in [0.15, 0.2) is 0 Å². The van der Waals surface area contributed by atoms with Crippen LogP contribution in [-0.4, -0.2) is 23.9 Å². The monoisotopic (exact) mass is 393 g/mol. The van der Waals surface area contributed by atoms with Crippen LogP contribution in [0.2, 0.25) is 0 Å². The molecule has 1 aliphatic rings. The van der Waals surface area contributed by atoms with Crippen molar-refractivity contribution < 1.29 is 4.79 Å². The van der Waals surface area contributed by atoms with Crippen LogP contribution in [0.1, 0.15) is 28.5 Å². The van der Waals surface area contributed by atoms with E-state index in [-0.39, 0.29) is 18.0 Å². The van der Waals surface area contributed by atoms with Crippen LogP contribution in [0.3, 0.4) is 0 Å². The number of carbonyl (C=O) groups is 1. The molecule has 0 spiro atoms. The van der Waals surface area contributed by atoms with Crippen LogP contribution < -0.4 is 10.9 Å². The van der Waals surface area contributed by atoms with Crippen molar-refractivity contribution in [2.24, 2.45) is 0 Å². The van der Waals surface area contributed by atoms with Gasteiger partial charge in [0.05, 0.1) is 6.54 Å². The van der Waals surface area contributed by atoms with Gasteiger partial charge in [-0.25, -0.2) is 10.9 Å². The Kier molecular flexibility index (Phi) is 5.16. The molecule has 1 aliphatic heterocycles. The zero-order chi connectivity index (χ0) is 16.4. The molecule has 1 aromatic carbocycles. The molecule has 1 amide bonds. The molecule has 0 aliphatic carbocycles. The molecule has 2 unspecified atom stereocenters. The number of thiophene rings is 1. The van der Waals surface area contributed by atoms with Gasteiger partial charge in [-0.05, 0) is 48.1 Å². The summed E-state index contributed by atoms with van der Waals surface area (Å²) in [4.78, 5) is 15.7. The van der Waals surface area contributed by atoms with E-state index in [1.54, 1.807) is 11.3 Å². The predicted octanol–water partition coefficient (Wildman–Crippen LogP) is 3.39. The van der Waals surface area contributed by atoms with Crippen LogP contribution in [0.5, 0.6) is 0 Å². The maximum atomic E-state index is 12.6. The fraction of sp³-hybridized carbons (Fsp3) is 0.353. The zero-order valence-corrected chi connectivity index (χ0v) is 15.6. The van der Waals surface area contributed by atoms with Crippen LogP contribution in [0.4, 0.5) is 0 Å². The second-order valence-corrected chi connectivity index (χ2v) is 7.82. The standard InChI is InChI=1S/C17H20BrN3OS/c1-11-7-8-23-16(11)10-21(2)17(22)15-9-14(19-20-15)12-3-5-13(18)6-4-12/h3-8,14-15,19-20H,9-10H2,1-2H3. The van der Waals surface area contributed by atoms with E-state index in [9.17, 15) is 4.79 Å². The Morgan fingerprint density at radius 2 is 2.04 bits per heavy atom. The molecule has 23 heavy (non-hydrogen) atoms. The highest BCUT2D eigenvalue weighted by Crippen LogP contribution is 2.25. The fourth-order valence-electron chi connectivity index (χ4n) is 2.76. The summed E-state index contributed by atoms with van der Waals surface area (Å²) in [6.07, 6.45) is 0.758. The van der Waals surface area contributed by atoms with Crippen molar-refractivity contribution >= 4 is 33.2 Å². The number of benzene rings is 1. The van der Waals surface area contributed by atoms with E-state index in [2.05, 4.69) is 57.3 Å². The van der Waals surface area contributed by atoms with Crippen LogP contribution in [0.15, 0.2) is 40.2 Å². The van der Waals surface area contributed by atoms with Crippen molar-refractivity contribution in [1.29, 1.82) is 0 Å². The Balaban J connectivity index is 1.60. The van der Waals surface area contributed by atoms with Crippen molar-refractivity contribution in [2.75, 3.05) is 7.05 Å². The molecular formula is C17H20BrN3OS. The lowest BCUT2D eigenvalue weighted by molar-refractivity contribution is -0.132.